The van der Waals surface area contributed by atoms with Crippen LogP contribution in [0.1, 0.15) is 58.3 Å². The Bertz CT molecular complexity index is 540. The molecule has 128 valence electrons. The van der Waals surface area contributed by atoms with E-state index in [1.54, 1.807) is 6.33 Å². The summed E-state index contributed by atoms with van der Waals surface area (Å²) in [6.07, 6.45) is 4.82. The Kier molecular flexibility index (Phi) is 6.12. The van der Waals surface area contributed by atoms with Gasteiger partial charge in [0.25, 0.3) is 0 Å². The normalized spacial score (nSPS) is 17.7. The molecule has 1 saturated heterocycles. The van der Waals surface area contributed by atoms with Gasteiger partial charge in [0.05, 0.1) is 12.6 Å². The zero-order valence-electron chi connectivity index (χ0n) is 14.3. The van der Waals surface area contributed by atoms with E-state index in [1.807, 2.05) is 16.4 Å². The van der Waals surface area contributed by atoms with Gasteiger partial charge in [0, 0.05) is 19.5 Å². The summed E-state index contributed by atoms with van der Waals surface area (Å²) in [6.45, 7) is 7.85. The van der Waals surface area contributed by atoms with Gasteiger partial charge < -0.3 is 14.8 Å². The predicted octanol–water partition coefficient (Wildman–Crippen LogP) is 1.51. The van der Waals surface area contributed by atoms with E-state index in [-0.39, 0.29) is 24.4 Å². The van der Waals surface area contributed by atoms with Crippen LogP contribution in [0.5, 0.6) is 0 Å². The molecule has 1 aliphatic rings. The number of aromatic nitrogens is 3. The highest BCUT2D eigenvalue weighted by Crippen LogP contribution is 2.30. The monoisotopic (exact) mass is 321 g/mol. The summed E-state index contributed by atoms with van der Waals surface area (Å²) in [6, 6.07) is -0.0353. The van der Waals surface area contributed by atoms with E-state index in [2.05, 4.69) is 29.4 Å². The number of rotatable bonds is 7. The van der Waals surface area contributed by atoms with Gasteiger partial charge in [-0.2, -0.15) is 0 Å². The Labute approximate surface area is 137 Å². The molecule has 1 N–H and O–H groups in total. The standard InChI is InChI=1S/C16H27N5O2/c1-4-6-14(22)17-9-15(23)21-8-5-7-13(21)16-19-18-11-20(16)10-12(2)3/h11-13H,4-10H2,1-3H3,(H,17,22)/t13-/m0/s1. The van der Waals surface area contributed by atoms with Gasteiger partial charge in [0.15, 0.2) is 5.82 Å². The molecule has 1 atom stereocenters. The van der Waals surface area contributed by atoms with Gasteiger partial charge in [0.1, 0.15) is 6.33 Å². The minimum Gasteiger partial charge on any atom is -0.347 e. The zero-order chi connectivity index (χ0) is 16.8. The highest BCUT2D eigenvalue weighted by Gasteiger charge is 2.33. The predicted molar refractivity (Wildman–Crippen MR) is 86.5 cm³/mol. The van der Waals surface area contributed by atoms with Crippen LogP contribution in [0.4, 0.5) is 0 Å². The fraction of sp³-hybridized carbons (Fsp3) is 0.750. The third kappa shape index (κ3) is 4.53. The Hall–Kier alpha value is -1.92. The number of nitrogens with zero attached hydrogens (tertiary/aromatic N) is 4. The van der Waals surface area contributed by atoms with E-state index in [0.29, 0.717) is 18.9 Å². The summed E-state index contributed by atoms with van der Waals surface area (Å²) >= 11 is 0. The Morgan fingerprint density at radius 1 is 1.43 bits per heavy atom. The summed E-state index contributed by atoms with van der Waals surface area (Å²) < 4.78 is 2.04. The molecule has 1 fully saturated rings. The summed E-state index contributed by atoms with van der Waals surface area (Å²) in [5, 5.41) is 11.0. The number of hydrogen-bond donors (Lipinski definition) is 1. The van der Waals surface area contributed by atoms with Crippen molar-refractivity contribution in [2.24, 2.45) is 5.92 Å². The van der Waals surface area contributed by atoms with Crippen molar-refractivity contribution in [2.45, 2.75) is 59.0 Å². The lowest BCUT2D eigenvalue weighted by atomic mass is 10.2. The van der Waals surface area contributed by atoms with E-state index in [1.165, 1.54) is 0 Å². The summed E-state index contributed by atoms with van der Waals surface area (Å²) in [5.41, 5.74) is 0. The van der Waals surface area contributed by atoms with Gasteiger partial charge in [-0.25, -0.2) is 0 Å². The van der Waals surface area contributed by atoms with E-state index >= 15 is 0 Å². The van der Waals surface area contributed by atoms with Gasteiger partial charge in [0.2, 0.25) is 11.8 Å². The van der Waals surface area contributed by atoms with Crippen molar-refractivity contribution in [2.75, 3.05) is 13.1 Å². The first-order valence-electron chi connectivity index (χ1n) is 8.46. The largest absolute Gasteiger partial charge is 0.347 e. The molecule has 7 nitrogen and oxygen atoms in total. The molecule has 0 aromatic carbocycles. The van der Waals surface area contributed by atoms with Crippen molar-refractivity contribution in [1.82, 2.24) is 25.0 Å². The maximum atomic E-state index is 12.4. The fourth-order valence-corrected chi connectivity index (χ4v) is 2.98. The minimum absolute atomic E-state index is 0.0353. The molecule has 0 aliphatic carbocycles. The van der Waals surface area contributed by atoms with E-state index < -0.39 is 0 Å². The molecule has 2 amide bonds. The SMILES string of the molecule is CCCC(=O)NCC(=O)N1CCC[C@H]1c1nncn1CC(C)C. The lowest BCUT2D eigenvalue weighted by Gasteiger charge is -2.25. The highest BCUT2D eigenvalue weighted by molar-refractivity contribution is 5.85. The van der Waals surface area contributed by atoms with Crippen LogP contribution >= 0.6 is 0 Å². The van der Waals surface area contributed by atoms with Crippen LogP contribution in [0, 0.1) is 5.92 Å². The third-order valence-electron chi connectivity index (χ3n) is 3.99. The molecule has 2 rings (SSSR count). The fourth-order valence-electron chi connectivity index (χ4n) is 2.98. The first kappa shape index (κ1) is 17.4. The Balaban J connectivity index is 2.01. The second-order valence-corrected chi connectivity index (χ2v) is 6.51. The summed E-state index contributed by atoms with van der Waals surface area (Å²) in [5.74, 6) is 1.23. The van der Waals surface area contributed by atoms with Crippen molar-refractivity contribution in [3.05, 3.63) is 12.2 Å². The molecular formula is C16H27N5O2. The number of carbonyl (C=O) groups excluding carboxylic acids is 2. The quantitative estimate of drug-likeness (QED) is 0.825. The second kappa shape index (κ2) is 8.08. The smallest absolute Gasteiger partial charge is 0.242 e. The summed E-state index contributed by atoms with van der Waals surface area (Å²) in [7, 11) is 0. The molecule has 1 aliphatic heterocycles. The summed E-state index contributed by atoms with van der Waals surface area (Å²) in [4.78, 5) is 25.8. The molecule has 2 heterocycles. The maximum absolute atomic E-state index is 12.4. The molecule has 0 saturated carbocycles. The Morgan fingerprint density at radius 3 is 2.91 bits per heavy atom. The molecule has 23 heavy (non-hydrogen) atoms. The van der Waals surface area contributed by atoms with Gasteiger partial charge in [-0.15, -0.1) is 10.2 Å². The lowest BCUT2D eigenvalue weighted by Crippen LogP contribution is -2.40. The van der Waals surface area contributed by atoms with Crippen LogP contribution in [0.25, 0.3) is 0 Å². The Morgan fingerprint density at radius 2 is 2.22 bits per heavy atom. The second-order valence-electron chi connectivity index (χ2n) is 6.51. The van der Waals surface area contributed by atoms with Crippen LogP contribution in [-0.4, -0.2) is 44.6 Å². The van der Waals surface area contributed by atoms with Gasteiger partial charge in [-0.1, -0.05) is 20.8 Å². The van der Waals surface area contributed by atoms with Crippen molar-refractivity contribution in [1.29, 1.82) is 0 Å². The van der Waals surface area contributed by atoms with Gasteiger partial charge >= 0.3 is 0 Å². The average molecular weight is 321 g/mol. The molecule has 0 spiro atoms. The van der Waals surface area contributed by atoms with Crippen molar-refractivity contribution >= 4 is 11.8 Å². The van der Waals surface area contributed by atoms with Crippen molar-refractivity contribution < 1.29 is 9.59 Å². The van der Waals surface area contributed by atoms with Crippen molar-refractivity contribution in [3.63, 3.8) is 0 Å². The molecule has 1 aromatic rings. The number of carbonyl (C=O) groups is 2. The van der Waals surface area contributed by atoms with Crippen LogP contribution in [-0.2, 0) is 16.1 Å². The zero-order valence-corrected chi connectivity index (χ0v) is 14.3. The molecule has 1 aromatic heterocycles. The van der Waals surface area contributed by atoms with E-state index in [0.717, 1.165) is 31.6 Å². The molecule has 7 heteroatoms. The highest BCUT2D eigenvalue weighted by atomic mass is 16.2. The number of likely N-dealkylation sites (tertiary alicyclic amines) is 1. The topological polar surface area (TPSA) is 80.1 Å². The minimum atomic E-state index is -0.0698. The molecule has 0 unspecified atom stereocenters. The first-order valence-corrected chi connectivity index (χ1v) is 8.46. The van der Waals surface area contributed by atoms with Crippen LogP contribution in [0.3, 0.4) is 0 Å². The van der Waals surface area contributed by atoms with Crippen molar-refractivity contribution in [3.8, 4) is 0 Å². The number of amides is 2. The number of hydrogen-bond acceptors (Lipinski definition) is 4. The molecule has 0 bridgehead atoms. The van der Waals surface area contributed by atoms with Gasteiger partial charge in [-0.05, 0) is 25.2 Å². The van der Waals surface area contributed by atoms with E-state index in [4.69, 9.17) is 0 Å². The lowest BCUT2D eigenvalue weighted by molar-refractivity contribution is -0.133. The average Bonchev–Trinajstić information content (AvgIpc) is 3.12. The molecule has 0 radical (unpaired) electrons. The van der Waals surface area contributed by atoms with Crippen LogP contribution in [0.2, 0.25) is 0 Å². The van der Waals surface area contributed by atoms with Crippen LogP contribution in [0.15, 0.2) is 6.33 Å². The molecular weight excluding hydrogens is 294 g/mol. The first-order chi connectivity index (χ1) is 11.0. The number of nitrogens with one attached hydrogen (secondary N) is 1. The van der Waals surface area contributed by atoms with Crippen LogP contribution < -0.4 is 5.32 Å². The van der Waals surface area contributed by atoms with E-state index in [9.17, 15) is 9.59 Å². The van der Waals surface area contributed by atoms with Gasteiger partial charge in [-0.3, -0.25) is 9.59 Å². The third-order valence-corrected chi connectivity index (χ3v) is 3.99. The maximum Gasteiger partial charge on any atom is 0.242 e.